The summed E-state index contributed by atoms with van der Waals surface area (Å²) in [5.41, 5.74) is 8.82. The van der Waals surface area contributed by atoms with Crippen LogP contribution in [0.15, 0.2) is 53.4 Å². The van der Waals surface area contributed by atoms with Crippen LogP contribution in [-0.4, -0.2) is 31.7 Å². The highest BCUT2D eigenvalue weighted by atomic mass is 32.2. The second-order valence-corrected chi connectivity index (χ2v) is 9.25. The van der Waals surface area contributed by atoms with Gasteiger partial charge in [0, 0.05) is 19.5 Å². The Labute approximate surface area is 167 Å². The number of nitrogens with zero attached hydrogens (tertiary/aromatic N) is 1. The summed E-state index contributed by atoms with van der Waals surface area (Å²) < 4.78 is 27.1. The molecule has 2 aromatic carbocycles. The number of amides is 1. The van der Waals surface area contributed by atoms with Crippen LogP contribution in [0.3, 0.4) is 0 Å². The van der Waals surface area contributed by atoms with Gasteiger partial charge in [-0.15, -0.1) is 0 Å². The molecule has 1 aliphatic heterocycles. The molecule has 0 spiro atoms. The van der Waals surface area contributed by atoms with Gasteiger partial charge in [-0.3, -0.25) is 15.6 Å². The minimum atomic E-state index is -3.51. The fraction of sp³-hybridized carbons (Fsp3) is 0.381. The average molecular weight is 402 g/mol. The fourth-order valence-corrected chi connectivity index (χ4v) is 5.07. The highest BCUT2D eigenvalue weighted by molar-refractivity contribution is 7.89. The van der Waals surface area contributed by atoms with Crippen LogP contribution >= 0.6 is 0 Å². The van der Waals surface area contributed by atoms with Gasteiger partial charge in [0.05, 0.1) is 10.6 Å². The second kappa shape index (κ2) is 8.75. The van der Waals surface area contributed by atoms with Crippen LogP contribution in [0.4, 0.5) is 5.69 Å². The van der Waals surface area contributed by atoms with Crippen molar-refractivity contribution in [1.29, 1.82) is 0 Å². The van der Waals surface area contributed by atoms with Crippen molar-refractivity contribution in [3.05, 3.63) is 59.7 Å². The summed E-state index contributed by atoms with van der Waals surface area (Å²) >= 11 is 0. The van der Waals surface area contributed by atoms with Gasteiger partial charge in [-0.1, -0.05) is 30.3 Å². The number of rotatable bonds is 6. The van der Waals surface area contributed by atoms with E-state index in [1.807, 2.05) is 32.0 Å². The van der Waals surface area contributed by atoms with Crippen molar-refractivity contribution in [2.24, 2.45) is 5.92 Å². The van der Waals surface area contributed by atoms with Crippen LogP contribution in [0, 0.1) is 19.8 Å². The number of carbonyl (C=O) groups excluding carboxylic acids is 1. The van der Waals surface area contributed by atoms with E-state index in [-0.39, 0.29) is 11.8 Å². The van der Waals surface area contributed by atoms with Crippen molar-refractivity contribution in [2.45, 2.75) is 38.0 Å². The molecular formula is C21H27N3O3S. The minimum Gasteiger partial charge on any atom is -0.298 e. The lowest BCUT2D eigenvalue weighted by Gasteiger charge is -2.31. The summed E-state index contributed by atoms with van der Waals surface area (Å²) in [5, 5.41) is 0. The molecule has 0 aliphatic carbocycles. The third kappa shape index (κ3) is 4.72. The smallest absolute Gasteiger partial charge is 0.243 e. The number of aryl methyl sites for hydroxylation is 1. The van der Waals surface area contributed by atoms with Crippen LogP contribution in [-0.2, 0) is 14.8 Å². The first kappa shape index (κ1) is 20.4. The van der Waals surface area contributed by atoms with Crippen molar-refractivity contribution < 1.29 is 13.2 Å². The van der Waals surface area contributed by atoms with Crippen molar-refractivity contribution in [3.8, 4) is 0 Å². The van der Waals surface area contributed by atoms with Gasteiger partial charge < -0.3 is 0 Å². The number of nitrogens with one attached hydrogen (secondary N) is 2. The molecule has 1 atom stereocenters. The molecule has 1 saturated heterocycles. The summed E-state index contributed by atoms with van der Waals surface area (Å²) in [4.78, 5) is 12.7. The highest BCUT2D eigenvalue weighted by Crippen LogP contribution is 2.25. The molecular weight excluding hydrogens is 374 g/mol. The van der Waals surface area contributed by atoms with Crippen molar-refractivity contribution in [2.75, 3.05) is 18.5 Å². The van der Waals surface area contributed by atoms with E-state index in [2.05, 4.69) is 10.9 Å². The van der Waals surface area contributed by atoms with Crippen LogP contribution < -0.4 is 10.9 Å². The van der Waals surface area contributed by atoms with E-state index in [4.69, 9.17) is 0 Å². The van der Waals surface area contributed by atoms with Gasteiger partial charge in [0.2, 0.25) is 15.9 Å². The second-order valence-electron chi connectivity index (χ2n) is 7.31. The molecule has 0 radical (unpaired) electrons. The molecule has 6 nitrogen and oxygen atoms in total. The zero-order chi connectivity index (χ0) is 20.1. The fourth-order valence-electron chi connectivity index (χ4n) is 3.49. The number of piperidine rings is 1. The zero-order valence-electron chi connectivity index (χ0n) is 16.3. The molecule has 1 aliphatic rings. The number of hydrogen-bond acceptors (Lipinski definition) is 4. The number of anilines is 1. The maximum absolute atomic E-state index is 12.8. The predicted octanol–water partition coefficient (Wildman–Crippen LogP) is 3.24. The summed E-state index contributed by atoms with van der Waals surface area (Å²) in [5.74, 6) is -0.127. The Morgan fingerprint density at radius 3 is 2.61 bits per heavy atom. The van der Waals surface area contributed by atoms with Crippen LogP contribution in [0.5, 0.6) is 0 Å². The molecule has 1 amide bonds. The van der Waals surface area contributed by atoms with E-state index in [1.54, 1.807) is 30.3 Å². The van der Waals surface area contributed by atoms with E-state index in [0.29, 0.717) is 24.4 Å². The average Bonchev–Trinajstić information content (AvgIpc) is 2.70. The monoisotopic (exact) mass is 401 g/mol. The van der Waals surface area contributed by atoms with Gasteiger partial charge in [0.25, 0.3) is 0 Å². The molecule has 2 N–H and O–H groups in total. The third-order valence-corrected chi connectivity index (χ3v) is 7.16. The first-order valence-electron chi connectivity index (χ1n) is 9.54. The SMILES string of the molecule is Cc1cccc(NNC(=O)CC2CCCN(S(=O)(=O)c3ccccc3)C2)c1C. The third-order valence-electron chi connectivity index (χ3n) is 5.28. The number of carbonyl (C=O) groups is 1. The molecule has 0 saturated carbocycles. The van der Waals surface area contributed by atoms with E-state index in [1.165, 1.54) is 4.31 Å². The maximum atomic E-state index is 12.8. The predicted molar refractivity (Wildman–Crippen MR) is 110 cm³/mol. The standard InChI is InChI=1S/C21H27N3O3S/c1-16-8-6-12-20(17(16)2)22-23-21(25)14-18-9-7-13-24(15-18)28(26,27)19-10-4-3-5-11-19/h3-6,8,10-12,18,22H,7,9,13-15H2,1-2H3,(H,23,25). The number of benzene rings is 2. The Hall–Kier alpha value is -2.38. The normalized spacial score (nSPS) is 17.9. The van der Waals surface area contributed by atoms with Crippen LogP contribution in [0.25, 0.3) is 0 Å². The Morgan fingerprint density at radius 2 is 1.86 bits per heavy atom. The van der Waals surface area contributed by atoms with Crippen molar-refractivity contribution in [1.82, 2.24) is 9.73 Å². The van der Waals surface area contributed by atoms with E-state index in [0.717, 1.165) is 29.7 Å². The number of hydrogen-bond donors (Lipinski definition) is 2. The molecule has 150 valence electrons. The Morgan fingerprint density at radius 1 is 1.11 bits per heavy atom. The Balaban J connectivity index is 1.57. The molecule has 2 aromatic rings. The Bertz CT molecular complexity index is 929. The first-order valence-corrected chi connectivity index (χ1v) is 11.0. The van der Waals surface area contributed by atoms with E-state index < -0.39 is 10.0 Å². The zero-order valence-corrected chi connectivity index (χ0v) is 17.1. The summed E-state index contributed by atoms with van der Waals surface area (Å²) in [6, 6.07) is 14.3. The highest BCUT2D eigenvalue weighted by Gasteiger charge is 2.31. The lowest BCUT2D eigenvalue weighted by Crippen LogP contribution is -2.41. The number of hydrazine groups is 1. The molecule has 0 aromatic heterocycles. The molecule has 0 bridgehead atoms. The van der Waals surface area contributed by atoms with Gasteiger partial charge in [-0.25, -0.2) is 8.42 Å². The van der Waals surface area contributed by atoms with Crippen LogP contribution in [0.1, 0.15) is 30.4 Å². The summed E-state index contributed by atoms with van der Waals surface area (Å²) in [6.07, 6.45) is 1.89. The molecule has 28 heavy (non-hydrogen) atoms. The van der Waals surface area contributed by atoms with Gasteiger partial charge >= 0.3 is 0 Å². The maximum Gasteiger partial charge on any atom is 0.243 e. The topological polar surface area (TPSA) is 78.5 Å². The largest absolute Gasteiger partial charge is 0.298 e. The number of sulfonamides is 1. The Kier molecular flexibility index (Phi) is 6.36. The van der Waals surface area contributed by atoms with Gasteiger partial charge in [-0.2, -0.15) is 4.31 Å². The van der Waals surface area contributed by atoms with E-state index in [9.17, 15) is 13.2 Å². The first-order chi connectivity index (χ1) is 13.4. The molecule has 1 fully saturated rings. The summed E-state index contributed by atoms with van der Waals surface area (Å²) in [7, 11) is -3.51. The lowest BCUT2D eigenvalue weighted by molar-refractivity contribution is -0.121. The lowest BCUT2D eigenvalue weighted by atomic mass is 9.96. The molecule has 1 unspecified atom stereocenters. The quantitative estimate of drug-likeness (QED) is 0.729. The molecule has 7 heteroatoms. The van der Waals surface area contributed by atoms with Gasteiger partial charge in [-0.05, 0) is 61.9 Å². The van der Waals surface area contributed by atoms with Crippen LogP contribution in [0.2, 0.25) is 0 Å². The molecule has 3 rings (SSSR count). The van der Waals surface area contributed by atoms with Gasteiger partial charge in [0.1, 0.15) is 0 Å². The molecule has 1 heterocycles. The van der Waals surface area contributed by atoms with Crippen molar-refractivity contribution >= 4 is 21.6 Å². The van der Waals surface area contributed by atoms with E-state index >= 15 is 0 Å². The van der Waals surface area contributed by atoms with Gasteiger partial charge in [0.15, 0.2) is 0 Å². The van der Waals surface area contributed by atoms with Crippen molar-refractivity contribution in [3.63, 3.8) is 0 Å². The summed E-state index contributed by atoms with van der Waals surface area (Å²) in [6.45, 7) is 4.88. The minimum absolute atomic E-state index is 0.00708.